The van der Waals surface area contributed by atoms with Crippen molar-refractivity contribution in [3.8, 4) is 33.4 Å². The van der Waals surface area contributed by atoms with Crippen LogP contribution in [0, 0.1) is 19.8 Å². The van der Waals surface area contributed by atoms with Gasteiger partial charge in [0, 0.05) is 32.4 Å². The van der Waals surface area contributed by atoms with E-state index in [9.17, 15) is 27.6 Å². The van der Waals surface area contributed by atoms with Crippen molar-refractivity contribution in [1.82, 2.24) is 50.4 Å². The van der Waals surface area contributed by atoms with Crippen molar-refractivity contribution in [2.75, 3.05) is 13.1 Å². The smallest absolute Gasteiger partial charge is 0.291 e. The minimum absolute atomic E-state index is 0.0233. The fourth-order valence-corrected chi connectivity index (χ4v) is 13.5. The van der Waals surface area contributed by atoms with Crippen molar-refractivity contribution >= 4 is 97.8 Å². The normalized spacial score (nSPS) is 13.2. The maximum atomic E-state index is 12.9. The van der Waals surface area contributed by atoms with Gasteiger partial charge in [-0.2, -0.15) is 0 Å². The maximum absolute atomic E-state index is 12.9. The molecule has 19 nitrogen and oxygen atoms in total. The van der Waals surface area contributed by atoms with Crippen molar-refractivity contribution in [3.05, 3.63) is 226 Å². The van der Waals surface area contributed by atoms with Crippen molar-refractivity contribution in [2.24, 2.45) is 5.92 Å². The number of fused-ring (bicyclic) bond motifs is 3. The van der Waals surface area contributed by atoms with E-state index in [1.807, 2.05) is 152 Å². The highest BCUT2D eigenvalue weighted by atomic mass is 32.2. The molecule has 1 unspecified atom stereocenters. The number of hydrogen-bond donors (Lipinski definition) is 0. The molecule has 23 heteroatoms. The number of rotatable bonds is 15. The number of thiazole rings is 3. The SMILES string of the molecule is CCN1CCC(Cc2nnc(C(=O)c3nc4ccc(-c5ccccc5)cc4s3)o2)C1=O.Cc1ccc(S(=O)(=O)Cc2nnc(C(=O)c3nc4ccc(-c5ccccc5)cc4s3)o2)cc1.Cc1nnc(C(=O)c2nc3ccc(-c4ccccc4)cc3s2)o1. The summed E-state index contributed by atoms with van der Waals surface area (Å²) in [5.41, 5.74) is 9.66. The Kier molecular flexibility index (Phi) is 16.5. The van der Waals surface area contributed by atoms with Crippen LogP contribution >= 0.6 is 34.0 Å². The van der Waals surface area contributed by atoms with Crippen molar-refractivity contribution in [3.63, 3.8) is 0 Å². The fraction of sp³-hybridized carbons (Fsp3) is 0.141. The number of amides is 1. The number of hydrogen-bond acceptors (Lipinski definition) is 21. The van der Waals surface area contributed by atoms with Crippen LogP contribution in [0.5, 0.6) is 0 Å². The van der Waals surface area contributed by atoms with Gasteiger partial charge in [-0.25, -0.2) is 23.4 Å². The van der Waals surface area contributed by atoms with Gasteiger partial charge in [0.25, 0.3) is 35.0 Å². The number of aromatic nitrogens is 9. The zero-order chi connectivity index (χ0) is 60.2. The molecule has 6 aromatic heterocycles. The first-order chi connectivity index (χ1) is 42.2. The Morgan fingerprint density at radius 3 is 1.33 bits per heavy atom. The number of carbonyl (C=O) groups excluding carboxylic acids is 4. The minimum atomic E-state index is -3.68. The van der Waals surface area contributed by atoms with Crippen molar-refractivity contribution < 1.29 is 40.8 Å². The first-order valence-corrected chi connectivity index (χ1v) is 31.4. The molecule has 0 saturated carbocycles. The average molecular weight is 1230 g/mol. The third-order valence-corrected chi connectivity index (χ3v) is 18.7. The molecule has 1 aliphatic heterocycles. The predicted octanol–water partition coefficient (Wildman–Crippen LogP) is 12.7. The van der Waals surface area contributed by atoms with Crippen LogP contribution in [0.15, 0.2) is 188 Å². The molecule has 1 fully saturated rings. The van der Waals surface area contributed by atoms with E-state index in [1.54, 1.807) is 19.1 Å². The predicted molar refractivity (Wildman–Crippen MR) is 329 cm³/mol. The standard InChI is InChI=1S/C24H17N3O4S2.C23H20N4O3S.C17H11N3O2S/c1-15-7-10-18(11-8-15)33(29,30)14-21-26-27-23(31-21)22(28)24-25-19-12-9-17(13-20(19)32-24)16-5-3-2-4-6-16;1-2-27-11-10-16(23(27)29)13-19-25-26-21(30-19)20(28)22-24-17-9-8-15(12-18(17)31-22)14-6-4-3-5-7-14;1-10-19-20-16(22-10)15(21)17-18-13-8-7-12(9-14(13)23-17)11-5-3-2-4-6-11/h2-13H,14H2,1H3;3-9,12,16H,2,10-11,13H2,1H3;2-9H,1H3. The molecule has 0 N–H and O–H groups in total. The second-order valence-electron chi connectivity index (χ2n) is 20.0. The van der Waals surface area contributed by atoms with Crippen LogP contribution in [0.3, 0.4) is 0 Å². The zero-order valence-corrected chi connectivity index (χ0v) is 49.8. The molecule has 0 aliphatic carbocycles. The molecule has 7 heterocycles. The number of sulfone groups is 1. The van der Waals surface area contributed by atoms with E-state index in [0.29, 0.717) is 40.3 Å². The summed E-state index contributed by atoms with van der Waals surface area (Å²) in [5, 5.41) is 23.7. The topological polar surface area (TPSA) is 261 Å². The molecule has 1 aliphatic rings. The molecule has 432 valence electrons. The lowest BCUT2D eigenvalue weighted by Gasteiger charge is -2.12. The van der Waals surface area contributed by atoms with Crippen LogP contribution in [-0.2, 0) is 26.8 Å². The quantitative estimate of drug-likeness (QED) is 0.0864. The van der Waals surface area contributed by atoms with E-state index in [0.717, 1.165) is 77.0 Å². The van der Waals surface area contributed by atoms with Crippen LogP contribution in [-0.4, -0.2) is 95.2 Å². The molecule has 87 heavy (non-hydrogen) atoms. The molecule has 1 amide bonds. The molecule has 1 atom stereocenters. The van der Waals surface area contributed by atoms with E-state index in [2.05, 4.69) is 57.7 Å². The average Bonchev–Trinajstić information content (AvgIpc) is 2.30. The third-order valence-electron chi connectivity index (χ3n) is 14.0. The number of likely N-dealkylation sites (tertiary alicyclic amines) is 1. The summed E-state index contributed by atoms with van der Waals surface area (Å²) >= 11 is 3.86. The van der Waals surface area contributed by atoms with E-state index in [1.165, 1.54) is 46.1 Å². The summed E-state index contributed by atoms with van der Waals surface area (Å²) in [6.45, 7) is 6.93. The molecule has 0 spiro atoms. The highest BCUT2D eigenvalue weighted by Gasteiger charge is 2.33. The Bertz CT molecular complexity index is 4790. The van der Waals surface area contributed by atoms with Gasteiger partial charge >= 0.3 is 0 Å². The Morgan fingerprint density at radius 1 is 0.506 bits per heavy atom. The highest BCUT2D eigenvalue weighted by molar-refractivity contribution is 7.90. The van der Waals surface area contributed by atoms with Crippen LogP contribution in [0.1, 0.15) is 83.7 Å². The summed E-state index contributed by atoms with van der Waals surface area (Å²) in [6, 6.07) is 54.2. The van der Waals surface area contributed by atoms with Gasteiger partial charge in [-0.3, -0.25) is 19.2 Å². The fourth-order valence-electron chi connectivity index (χ4n) is 9.50. The van der Waals surface area contributed by atoms with Gasteiger partial charge in [0.05, 0.1) is 35.5 Å². The van der Waals surface area contributed by atoms with Crippen LogP contribution in [0.2, 0.25) is 0 Å². The van der Waals surface area contributed by atoms with Gasteiger partial charge in [-0.15, -0.1) is 64.6 Å². The Hall–Kier alpha value is -9.94. The summed E-state index contributed by atoms with van der Waals surface area (Å²) < 4.78 is 44.1. The second kappa shape index (κ2) is 24.9. The van der Waals surface area contributed by atoms with Crippen molar-refractivity contribution in [2.45, 2.75) is 44.3 Å². The number of nitrogens with zero attached hydrogens (tertiary/aromatic N) is 10. The summed E-state index contributed by atoms with van der Waals surface area (Å²) in [6.07, 6.45) is 1.12. The summed E-state index contributed by atoms with van der Waals surface area (Å²) in [5.74, 6) is -1.69. The van der Waals surface area contributed by atoms with Gasteiger partial charge in [-0.1, -0.05) is 127 Å². The molecule has 0 bridgehead atoms. The van der Waals surface area contributed by atoms with Crippen LogP contribution < -0.4 is 0 Å². The van der Waals surface area contributed by atoms with E-state index in [-0.39, 0.29) is 51.1 Å². The van der Waals surface area contributed by atoms with Crippen molar-refractivity contribution in [1.29, 1.82) is 0 Å². The molecule has 14 rings (SSSR count). The monoisotopic (exact) mass is 1230 g/mol. The lowest BCUT2D eigenvalue weighted by atomic mass is 10.0. The first-order valence-electron chi connectivity index (χ1n) is 27.3. The Balaban J connectivity index is 0.000000129. The van der Waals surface area contributed by atoms with Gasteiger partial charge in [-0.05, 0) is 102 Å². The number of carbonyl (C=O) groups is 4. The van der Waals surface area contributed by atoms with E-state index < -0.39 is 27.2 Å². The zero-order valence-electron chi connectivity index (χ0n) is 46.6. The van der Waals surface area contributed by atoms with Gasteiger partial charge < -0.3 is 18.2 Å². The summed E-state index contributed by atoms with van der Waals surface area (Å²) in [7, 11) is -3.68. The third kappa shape index (κ3) is 12.9. The highest BCUT2D eigenvalue weighted by Crippen LogP contribution is 2.33. The molecule has 13 aromatic rings. The van der Waals surface area contributed by atoms with Crippen LogP contribution in [0.4, 0.5) is 0 Å². The van der Waals surface area contributed by atoms with Gasteiger partial charge in [0.1, 0.15) is 5.75 Å². The second-order valence-corrected chi connectivity index (χ2v) is 25.1. The Morgan fingerprint density at radius 2 is 0.920 bits per heavy atom. The number of ketones is 3. The van der Waals surface area contributed by atoms with Gasteiger partial charge in [0.2, 0.25) is 23.6 Å². The molecule has 1 saturated heterocycles. The molecule has 0 radical (unpaired) electrons. The number of benzene rings is 7. The van der Waals surface area contributed by atoms with E-state index >= 15 is 0 Å². The number of aryl methyl sites for hydroxylation is 2. The minimum Gasteiger partial charge on any atom is -0.418 e. The van der Waals surface area contributed by atoms with Crippen LogP contribution in [0.25, 0.3) is 64.0 Å². The lowest BCUT2D eigenvalue weighted by Crippen LogP contribution is -2.27. The molecule has 7 aromatic carbocycles. The van der Waals surface area contributed by atoms with E-state index in [4.69, 9.17) is 13.3 Å². The van der Waals surface area contributed by atoms with Gasteiger partial charge in [0.15, 0.2) is 24.9 Å². The maximum Gasteiger partial charge on any atom is 0.291 e. The molecular formula is C64H48N10O9S4. The summed E-state index contributed by atoms with van der Waals surface area (Å²) in [4.78, 5) is 65.5. The lowest BCUT2D eigenvalue weighted by molar-refractivity contribution is -0.130. The Labute approximate surface area is 508 Å². The largest absolute Gasteiger partial charge is 0.418 e. The molecular weight excluding hydrogens is 1180 g/mol. The first kappa shape index (κ1) is 57.5.